The van der Waals surface area contributed by atoms with Gasteiger partial charge in [0.1, 0.15) is 0 Å². The minimum Gasteiger partial charge on any atom is -0.355 e. The molecule has 29 heavy (non-hydrogen) atoms. The van der Waals surface area contributed by atoms with Gasteiger partial charge in [0.25, 0.3) is 5.91 Å². The number of carbonyl (C=O) groups is 2. The molecule has 0 saturated heterocycles. The molecule has 0 aliphatic carbocycles. The normalized spacial score (nSPS) is 13.0. The van der Waals surface area contributed by atoms with Gasteiger partial charge in [-0.25, -0.2) is 0 Å². The van der Waals surface area contributed by atoms with Crippen LogP contribution >= 0.6 is 0 Å². The molecule has 0 fully saturated rings. The van der Waals surface area contributed by atoms with E-state index < -0.39 is 0 Å². The topological polar surface area (TPSA) is 70.2 Å². The van der Waals surface area contributed by atoms with Gasteiger partial charge in [0, 0.05) is 24.3 Å². The van der Waals surface area contributed by atoms with Gasteiger partial charge in [-0.15, -0.1) is 0 Å². The lowest BCUT2D eigenvalue weighted by Crippen LogP contribution is -2.33. The fraction of sp³-hybridized carbons (Fsp3) is 0.417. The molecule has 3 N–H and O–H groups in total. The molecule has 2 rings (SSSR count). The lowest BCUT2D eigenvalue weighted by molar-refractivity contribution is -0.115. The Morgan fingerprint density at radius 3 is 2.21 bits per heavy atom. The van der Waals surface area contributed by atoms with Crippen molar-refractivity contribution in [2.45, 2.75) is 46.1 Å². The molecule has 2 unspecified atom stereocenters. The highest BCUT2D eigenvalue weighted by atomic mass is 16.2. The van der Waals surface area contributed by atoms with Gasteiger partial charge in [-0.3, -0.25) is 9.59 Å². The molecule has 2 aromatic rings. The number of hydrogen-bond acceptors (Lipinski definition) is 3. The van der Waals surface area contributed by atoms with Crippen LogP contribution in [0.15, 0.2) is 48.5 Å². The van der Waals surface area contributed by atoms with Crippen molar-refractivity contribution in [2.75, 3.05) is 18.9 Å². The number of anilines is 1. The number of carbonyl (C=O) groups excluding carboxylic acids is 2. The highest BCUT2D eigenvalue weighted by Crippen LogP contribution is 2.25. The van der Waals surface area contributed by atoms with Gasteiger partial charge in [-0.05, 0) is 47.6 Å². The third kappa shape index (κ3) is 6.43. The fourth-order valence-corrected chi connectivity index (χ4v) is 3.30. The molecule has 2 atom stereocenters. The number of benzene rings is 2. The molecule has 2 amide bonds. The van der Waals surface area contributed by atoms with E-state index in [1.165, 1.54) is 11.1 Å². The van der Waals surface area contributed by atoms with Crippen LogP contribution in [0.1, 0.15) is 67.6 Å². The molecular formula is C24H33N3O2. The second-order valence-corrected chi connectivity index (χ2v) is 7.79. The van der Waals surface area contributed by atoms with Gasteiger partial charge in [0.15, 0.2) is 0 Å². The van der Waals surface area contributed by atoms with Gasteiger partial charge in [-0.2, -0.15) is 0 Å². The molecule has 0 aromatic heterocycles. The summed E-state index contributed by atoms with van der Waals surface area (Å²) in [7, 11) is 1.58. The molecule has 2 aromatic carbocycles. The van der Waals surface area contributed by atoms with E-state index in [0.717, 1.165) is 6.42 Å². The molecule has 5 heteroatoms. The summed E-state index contributed by atoms with van der Waals surface area (Å²) in [5.74, 6) is 0.570. The molecule has 0 saturated carbocycles. The zero-order valence-electron chi connectivity index (χ0n) is 18.1. The van der Waals surface area contributed by atoms with E-state index in [0.29, 0.717) is 23.1 Å². The first-order valence-electron chi connectivity index (χ1n) is 10.3. The molecule has 0 bridgehead atoms. The highest BCUT2D eigenvalue weighted by molar-refractivity contribution is 5.97. The third-order valence-corrected chi connectivity index (χ3v) is 5.26. The summed E-state index contributed by atoms with van der Waals surface area (Å²) in [4.78, 5) is 24.2. The van der Waals surface area contributed by atoms with Crippen molar-refractivity contribution in [1.29, 1.82) is 0 Å². The summed E-state index contributed by atoms with van der Waals surface area (Å²) in [6.07, 6.45) is 1.12. The Bertz CT molecular complexity index is 815. The molecular weight excluding hydrogens is 362 g/mol. The quantitative estimate of drug-likeness (QED) is 0.586. The molecule has 0 aliphatic rings. The number of amides is 2. The Kier molecular flexibility index (Phi) is 8.40. The van der Waals surface area contributed by atoms with Crippen LogP contribution in [0.4, 0.5) is 5.69 Å². The van der Waals surface area contributed by atoms with Crippen molar-refractivity contribution in [3.63, 3.8) is 0 Å². The summed E-state index contributed by atoms with van der Waals surface area (Å²) in [6, 6.07) is 15.7. The number of rotatable bonds is 9. The second-order valence-electron chi connectivity index (χ2n) is 7.79. The monoisotopic (exact) mass is 395 g/mol. The predicted octanol–water partition coefficient (Wildman–Crippen LogP) is 4.49. The summed E-state index contributed by atoms with van der Waals surface area (Å²) in [5, 5.41) is 8.82. The Balaban J connectivity index is 2.00. The van der Waals surface area contributed by atoms with E-state index in [1.54, 1.807) is 31.3 Å². The van der Waals surface area contributed by atoms with E-state index >= 15 is 0 Å². The minimum atomic E-state index is -0.181. The molecule has 5 nitrogen and oxygen atoms in total. The highest BCUT2D eigenvalue weighted by Gasteiger charge is 2.17. The molecule has 0 spiro atoms. The van der Waals surface area contributed by atoms with E-state index in [1.807, 2.05) is 0 Å². The van der Waals surface area contributed by atoms with Crippen molar-refractivity contribution < 1.29 is 9.59 Å². The first-order valence-corrected chi connectivity index (χ1v) is 10.3. The van der Waals surface area contributed by atoms with Crippen molar-refractivity contribution >= 4 is 17.5 Å². The van der Waals surface area contributed by atoms with Crippen LogP contribution in [-0.4, -0.2) is 25.4 Å². The molecule has 0 aliphatic heterocycles. The first-order chi connectivity index (χ1) is 13.8. The fourth-order valence-electron chi connectivity index (χ4n) is 3.30. The Hall–Kier alpha value is -2.66. The predicted molar refractivity (Wildman–Crippen MR) is 119 cm³/mol. The smallest absolute Gasteiger partial charge is 0.251 e. The Morgan fingerprint density at radius 2 is 1.62 bits per heavy atom. The lowest BCUT2D eigenvalue weighted by Gasteiger charge is -2.23. The molecule has 156 valence electrons. The largest absolute Gasteiger partial charge is 0.355 e. The standard InChI is InChI=1S/C24H33N3O2/c1-6-17(4)18-10-12-19(13-11-18)23(16(2)3)26-15-22(28)27-21-9-7-8-20(14-21)24(29)25-5/h7-14,16-17,23,26H,6,15H2,1-5H3,(H,25,29)(H,27,28). The van der Waals surface area contributed by atoms with Crippen LogP contribution in [-0.2, 0) is 4.79 Å². The summed E-state index contributed by atoms with van der Waals surface area (Å²) in [5.41, 5.74) is 3.64. The van der Waals surface area contributed by atoms with Crippen LogP contribution < -0.4 is 16.0 Å². The van der Waals surface area contributed by atoms with Gasteiger partial charge < -0.3 is 16.0 Å². The zero-order valence-corrected chi connectivity index (χ0v) is 18.1. The van der Waals surface area contributed by atoms with Gasteiger partial charge in [0.05, 0.1) is 6.54 Å². The maximum atomic E-state index is 12.4. The second kappa shape index (κ2) is 10.8. The lowest BCUT2D eigenvalue weighted by atomic mass is 9.92. The van der Waals surface area contributed by atoms with Gasteiger partial charge in [0.2, 0.25) is 5.91 Å². The average Bonchev–Trinajstić information content (AvgIpc) is 2.73. The SMILES string of the molecule is CCC(C)c1ccc(C(NCC(=O)Nc2cccc(C(=O)NC)c2)C(C)C)cc1. The van der Waals surface area contributed by atoms with E-state index in [9.17, 15) is 9.59 Å². The summed E-state index contributed by atoms with van der Waals surface area (Å²) < 4.78 is 0. The maximum absolute atomic E-state index is 12.4. The van der Waals surface area contributed by atoms with Crippen LogP contribution in [0.25, 0.3) is 0 Å². The van der Waals surface area contributed by atoms with E-state index in [4.69, 9.17) is 0 Å². The molecule has 0 heterocycles. The number of hydrogen-bond donors (Lipinski definition) is 3. The van der Waals surface area contributed by atoms with Crippen molar-refractivity contribution in [3.8, 4) is 0 Å². The van der Waals surface area contributed by atoms with Crippen molar-refractivity contribution in [1.82, 2.24) is 10.6 Å². The number of nitrogens with one attached hydrogen (secondary N) is 3. The van der Waals surface area contributed by atoms with Crippen LogP contribution in [0, 0.1) is 5.92 Å². The summed E-state index contributed by atoms with van der Waals surface area (Å²) >= 11 is 0. The van der Waals surface area contributed by atoms with E-state index in [-0.39, 0.29) is 24.4 Å². The van der Waals surface area contributed by atoms with Crippen molar-refractivity contribution in [3.05, 3.63) is 65.2 Å². The third-order valence-electron chi connectivity index (χ3n) is 5.26. The Morgan fingerprint density at radius 1 is 0.966 bits per heavy atom. The van der Waals surface area contributed by atoms with Crippen LogP contribution in [0.5, 0.6) is 0 Å². The van der Waals surface area contributed by atoms with Gasteiger partial charge >= 0.3 is 0 Å². The van der Waals surface area contributed by atoms with E-state index in [2.05, 4.69) is 67.9 Å². The molecule has 0 radical (unpaired) electrons. The van der Waals surface area contributed by atoms with Crippen LogP contribution in [0.3, 0.4) is 0 Å². The Labute approximate surface area is 174 Å². The zero-order chi connectivity index (χ0) is 21.4. The first kappa shape index (κ1) is 22.6. The minimum absolute atomic E-state index is 0.0870. The van der Waals surface area contributed by atoms with Crippen molar-refractivity contribution in [2.24, 2.45) is 5.92 Å². The average molecular weight is 396 g/mol. The maximum Gasteiger partial charge on any atom is 0.251 e. The van der Waals surface area contributed by atoms with Gasteiger partial charge in [-0.1, -0.05) is 58.0 Å². The van der Waals surface area contributed by atoms with Crippen LogP contribution in [0.2, 0.25) is 0 Å². The summed E-state index contributed by atoms with van der Waals surface area (Å²) in [6.45, 7) is 8.91.